The first-order valence-corrected chi connectivity index (χ1v) is 10.6. The number of nitrogens with one attached hydrogen (secondary N) is 1. The first kappa shape index (κ1) is 21.7. The van der Waals surface area contributed by atoms with Crippen LogP contribution in [0.25, 0.3) is 0 Å². The lowest BCUT2D eigenvalue weighted by Gasteiger charge is -2.37. The van der Waals surface area contributed by atoms with Crippen molar-refractivity contribution in [1.29, 1.82) is 0 Å². The Morgan fingerprint density at radius 1 is 0.875 bits per heavy atom. The fourth-order valence-electron chi connectivity index (χ4n) is 4.21. The van der Waals surface area contributed by atoms with Crippen LogP contribution in [0.3, 0.4) is 0 Å². The van der Waals surface area contributed by atoms with Crippen LogP contribution in [-0.2, 0) is 11.3 Å². The van der Waals surface area contributed by atoms with Gasteiger partial charge in [-0.25, -0.2) is 8.78 Å². The van der Waals surface area contributed by atoms with Gasteiger partial charge >= 0.3 is 0 Å². The van der Waals surface area contributed by atoms with Gasteiger partial charge in [-0.15, -0.1) is 0 Å². The number of amides is 2. The maximum Gasteiger partial charge on any atom is 0.253 e. The van der Waals surface area contributed by atoms with Crippen molar-refractivity contribution in [1.82, 2.24) is 10.2 Å². The zero-order valence-corrected chi connectivity index (χ0v) is 17.5. The summed E-state index contributed by atoms with van der Waals surface area (Å²) in [5, 5.41) is 2.87. The van der Waals surface area contributed by atoms with E-state index in [1.54, 1.807) is 23.1 Å². The molecule has 0 radical (unpaired) electrons. The molecule has 1 aliphatic heterocycles. The summed E-state index contributed by atoms with van der Waals surface area (Å²) < 4.78 is 27.1. The summed E-state index contributed by atoms with van der Waals surface area (Å²) in [5.41, 5.74) is 1.98. The predicted octanol–water partition coefficient (Wildman–Crippen LogP) is 4.53. The monoisotopic (exact) mass is 434 g/mol. The number of halogens is 2. The lowest BCUT2D eigenvalue weighted by molar-refractivity contribution is -0.126. The van der Waals surface area contributed by atoms with E-state index in [0.717, 1.165) is 5.56 Å². The SMILES string of the molecule is O=C(NCc1cccc(F)c1)[C@H]1C[C@@H](c2ccccc2)CN(C(=O)c2cccc(F)c2)C1. The number of hydrogen-bond donors (Lipinski definition) is 1. The van der Waals surface area contributed by atoms with Crippen molar-refractivity contribution in [3.05, 3.63) is 107 Å². The molecule has 1 aliphatic rings. The van der Waals surface area contributed by atoms with Gasteiger partial charge in [-0.05, 0) is 47.9 Å². The molecule has 3 aromatic carbocycles. The molecule has 0 spiro atoms. The summed E-state index contributed by atoms with van der Waals surface area (Å²) in [6, 6.07) is 21.4. The maximum atomic E-state index is 13.7. The number of carbonyl (C=O) groups excluding carboxylic acids is 2. The highest BCUT2D eigenvalue weighted by Gasteiger charge is 2.34. The molecular weight excluding hydrogens is 410 g/mol. The zero-order chi connectivity index (χ0) is 22.5. The van der Waals surface area contributed by atoms with Crippen molar-refractivity contribution >= 4 is 11.8 Å². The largest absolute Gasteiger partial charge is 0.352 e. The predicted molar refractivity (Wildman–Crippen MR) is 118 cm³/mol. The number of piperidine rings is 1. The van der Waals surface area contributed by atoms with Crippen molar-refractivity contribution in [3.63, 3.8) is 0 Å². The second-order valence-corrected chi connectivity index (χ2v) is 8.11. The molecule has 2 amide bonds. The van der Waals surface area contributed by atoms with Gasteiger partial charge < -0.3 is 10.2 Å². The van der Waals surface area contributed by atoms with E-state index in [4.69, 9.17) is 0 Å². The molecule has 2 atom stereocenters. The van der Waals surface area contributed by atoms with Crippen LogP contribution in [0.5, 0.6) is 0 Å². The van der Waals surface area contributed by atoms with Gasteiger partial charge in [0.1, 0.15) is 11.6 Å². The highest BCUT2D eigenvalue weighted by atomic mass is 19.1. The van der Waals surface area contributed by atoms with Gasteiger partial charge in [0, 0.05) is 31.1 Å². The minimum absolute atomic E-state index is 0.0209. The third kappa shape index (κ3) is 5.19. The van der Waals surface area contributed by atoms with E-state index in [1.807, 2.05) is 30.3 Å². The Balaban J connectivity index is 1.52. The van der Waals surface area contributed by atoms with E-state index in [9.17, 15) is 18.4 Å². The second kappa shape index (κ2) is 9.73. The number of benzene rings is 3. The molecule has 164 valence electrons. The van der Waals surface area contributed by atoms with Gasteiger partial charge in [-0.2, -0.15) is 0 Å². The van der Waals surface area contributed by atoms with Crippen LogP contribution in [0.15, 0.2) is 78.9 Å². The number of likely N-dealkylation sites (tertiary alicyclic amines) is 1. The normalized spacial score (nSPS) is 18.2. The minimum Gasteiger partial charge on any atom is -0.352 e. The van der Waals surface area contributed by atoms with Crippen LogP contribution in [0.1, 0.15) is 33.8 Å². The van der Waals surface area contributed by atoms with E-state index in [2.05, 4.69) is 5.32 Å². The third-order valence-electron chi connectivity index (χ3n) is 5.81. The molecule has 1 fully saturated rings. The Morgan fingerprint density at radius 3 is 2.31 bits per heavy atom. The van der Waals surface area contributed by atoms with Crippen molar-refractivity contribution in [2.24, 2.45) is 5.92 Å². The lowest BCUT2D eigenvalue weighted by Crippen LogP contribution is -2.48. The minimum atomic E-state index is -0.475. The van der Waals surface area contributed by atoms with Crippen LogP contribution in [0.2, 0.25) is 0 Å². The smallest absolute Gasteiger partial charge is 0.253 e. The molecule has 3 aromatic rings. The lowest BCUT2D eigenvalue weighted by atomic mass is 9.83. The maximum absolute atomic E-state index is 13.7. The summed E-state index contributed by atoms with van der Waals surface area (Å²) in [7, 11) is 0. The van der Waals surface area contributed by atoms with E-state index in [0.29, 0.717) is 18.5 Å². The average molecular weight is 434 g/mol. The van der Waals surface area contributed by atoms with Crippen LogP contribution in [0.4, 0.5) is 8.78 Å². The molecule has 4 rings (SSSR count). The van der Waals surface area contributed by atoms with Gasteiger partial charge in [0.25, 0.3) is 5.91 Å². The zero-order valence-electron chi connectivity index (χ0n) is 17.5. The van der Waals surface area contributed by atoms with Crippen molar-refractivity contribution in [2.45, 2.75) is 18.9 Å². The highest BCUT2D eigenvalue weighted by Crippen LogP contribution is 2.31. The fourth-order valence-corrected chi connectivity index (χ4v) is 4.21. The van der Waals surface area contributed by atoms with E-state index in [1.165, 1.54) is 30.3 Å². The van der Waals surface area contributed by atoms with Gasteiger partial charge in [-0.1, -0.05) is 48.5 Å². The molecule has 0 aromatic heterocycles. The molecule has 1 N–H and O–H groups in total. The summed E-state index contributed by atoms with van der Waals surface area (Å²) in [5.74, 6) is -1.77. The van der Waals surface area contributed by atoms with Gasteiger partial charge in [0.15, 0.2) is 0 Å². The number of hydrogen-bond acceptors (Lipinski definition) is 2. The first-order chi connectivity index (χ1) is 15.5. The summed E-state index contributed by atoms with van der Waals surface area (Å²) in [6.45, 7) is 0.904. The number of nitrogens with zero attached hydrogens (tertiary/aromatic N) is 1. The summed E-state index contributed by atoms with van der Waals surface area (Å²) >= 11 is 0. The third-order valence-corrected chi connectivity index (χ3v) is 5.81. The molecule has 4 nitrogen and oxygen atoms in total. The van der Waals surface area contributed by atoms with Gasteiger partial charge in [0.2, 0.25) is 5.91 Å². The number of carbonyl (C=O) groups is 2. The summed E-state index contributed by atoms with van der Waals surface area (Å²) in [6.07, 6.45) is 0.589. The van der Waals surface area contributed by atoms with Crippen LogP contribution < -0.4 is 5.32 Å². The molecule has 0 aliphatic carbocycles. The van der Waals surface area contributed by atoms with E-state index < -0.39 is 11.7 Å². The topological polar surface area (TPSA) is 49.4 Å². The Bertz CT molecular complexity index is 1100. The Kier molecular flexibility index (Phi) is 6.59. The molecular formula is C26H24F2N2O2. The fraction of sp³-hybridized carbons (Fsp3) is 0.231. The standard InChI is InChI=1S/C26H24F2N2O2/c27-23-10-4-6-18(12-23)15-29-25(31)22-13-21(19-7-2-1-3-8-19)16-30(17-22)26(32)20-9-5-11-24(28)14-20/h1-12,14,21-22H,13,15-17H2,(H,29,31)/t21-,22+/m1/s1. The number of rotatable bonds is 5. The van der Waals surface area contributed by atoms with Crippen molar-refractivity contribution in [2.75, 3.05) is 13.1 Å². The van der Waals surface area contributed by atoms with Crippen molar-refractivity contribution < 1.29 is 18.4 Å². The molecule has 0 bridgehead atoms. The van der Waals surface area contributed by atoms with E-state index >= 15 is 0 Å². The second-order valence-electron chi connectivity index (χ2n) is 8.11. The van der Waals surface area contributed by atoms with Crippen LogP contribution >= 0.6 is 0 Å². The Hall–Kier alpha value is -3.54. The molecule has 32 heavy (non-hydrogen) atoms. The molecule has 0 unspecified atom stereocenters. The quantitative estimate of drug-likeness (QED) is 0.642. The van der Waals surface area contributed by atoms with Crippen molar-refractivity contribution in [3.8, 4) is 0 Å². The Morgan fingerprint density at radius 2 is 1.59 bits per heavy atom. The average Bonchev–Trinajstić information content (AvgIpc) is 2.82. The van der Waals surface area contributed by atoms with Crippen LogP contribution in [0, 0.1) is 17.6 Å². The molecule has 1 saturated heterocycles. The van der Waals surface area contributed by atoms with Crippen LogP contribution in [-0.4, -0.2) is 29.8 Å². The first-order valence-electron chi connectivity index (χ1n) is 10.6. The highest BCUT2D eigenvalue weighted by molar-refractivity contribution is 5.94. The molecule has 6 heteroatoms. The van der Waals surface area contributed by atoms with Gasteiger partial charge in [-0.3, -0.25) is 9.59 Å². The Labute approximate surface area is 185 Å². The van der Waals surface area contributed by atoms with E-state index in [-0.39, 0.29) is 42.2 Å². The molecule has 0 saturated carbocycles. The summed E-state index contributed by atoms with van der Waals surface area (Å²) in [4.78, 5) is 27.7. The van der Waals surface area contributed by atoms with Gasteiger partial charge in [0.05, 0.1) is 5.92 Å². The molecule has 1 heterocycles.